The molecule has 1 aliphatic heterocycles. The highest BCUT2D eigenvalue weighted by atomic mass is 32.1. The van der Waals surface area contributed by atoms with Gasteiger partial charge in [-0.1, -0.05) is 17.4 Å². The maximum Gasteiger partial charge on any atom is 0.253 e. The fraction of sp³-hybridized carbons (Fsp3) is 0.409. The molecule has 0 unspecified atom stereocenters. The Kier molecular flexibility index (Phi) is 5.71. The van der Waals surface area contributed by atoms with Crippen LogP contribution in [0.1, 0.15) is 25.7 Å². The number of rotatable bonds is 5. The van der Waals surface area contributed by atoms with Gasteiger partial charge in [-0.2, -0.15) is 0 Å². The highest BCUT2D eigenvalue weighted by molar-refractivity contribution is 7.22. The third-order valence-electron chi connectivity index (χ3n) is 5.70. The largest absolute Gasteiger partial charge is 0.393 e. The predicted octanol–water partition coefficient (Wildman–Crippen LogP) is 3.51. The minimum atomic E-state index is -0.167. The topological polar surface area (TPSA) is 99.6 Å². The van der Waals surface area contributed by atoms with Gasteiger partial charge in [0.25, 0.3) is 5.91 Å². The number of nitrogens with one attached hydrogen (secondary N) is 2. The van der Waals surface area contributed by atoms with Gasteiger partial charge in [-0.3, -0.25) is 4.79 Å². The third-order valence-corrected chi connectivity index (χ3v) is 6.64. The van der Waals surface area contributed by atoms with Gasteiger partial charge in [0.05, 0.1) is 22.9 Å². The molecule has 1 saturated carbocycles. The Hall–Kier alpha value is -2.75. The lowest BCUT2D eigenvalue weighted by Crippen LogP contribution is -2.41. The number of aliphatic hydroxyl groups excluding tert-OH is 1. The molecule has 1 aliphatic carbocycles. The van der Waals surface area contributed by atoms with Crippen LogP contribution in [0.2, 0.25) is 0 Å². The van der Waals surface area contributed by atoms with Gasteiger partial charge in [-0.25, -0.2) is 9.97 Å². The Morgan fingerprint density at radius 3 is 2.77 bits per heavy atom. The summed E-state index contributed by atoms with van der Waals surface area (Å²) in [6.07, 6.45) is 3.40. The average Bonchev–Trinajstić information content (AvgIpc) is 3.17. The number of nitrogens with zero attached hydrogens (tertiary/aromatic N) is 3. The molecular formula is C22H25N5O3S. The molecule has 31 heavy (non-hydrogen) atoms. The van der Waals surface area contributed by atoms with Crippen LogP contribution in [0.3, 0.4) is 0 Å². The van der Waals surface area contributed by atoms with Crippen molar-refractivity contribution in [3.63, 3.8) is 0 Å². The summed E-state index contributed by atoms with van der Waals surface area (Å²) < 4.78 is 6.23. The maximum absolute atomic E-state index is 12.1. The molecule has 9 heteroatoms. The number of anilines is 4. The summed E-state index contributed by atoms with van der Waals surface area (Å²) in [4.78, 5) is 23.2. The number of hydrogen-bond donors (Lipinski definition) is 3. The van der Waals surface area contributed by atoms with Gasteiger partial charge in [-0.15, -0.1) is 0 Å². The van der Waals surface area contributed by atoms with Gasteiger partial charge in [0.2, 0.25) is 0 Å². The number of ether oxygens (including phenoxy) is 1. The van der Waals surface area contributed by atoms with Crippen molar-refractivity contribution < 1.29 is 14.6 Å². The Balaban J connectivity index is 1.29. The van der Waals surface area contributed by atoms with Gasteiger partial charge in [0.15, 0.2) is 5.13 Å². The zero-order valence-electron chi connectivity index (χ0n) is 17.1. The van der Waals surface area contributed by atoms with Crippen molar-refractivity contribution in [3.05, 3.63) is 36.4 Å². The normalized spacial score (nSPS) is 22.0. The van der Waals surface area contributed by atoms with Gasteiger partial charge in [0, 0.05) is 18.3 Å². The molecule has 5 rings (SSSR count). The van der Waals surface area contributed by atoms with Crippen molar-refractivity contribution in [2.75, 3.05) is 35.3 Å². The van der Waals surface area contributed by atoms with E-state index < -0.39 is 0 Å². The van der Waals surface area contributed by atoms with Crippen molar-refractivity contribution in [2.24, 2.45) is 0 Å². The van der Waals surface area contributed by atoms with Crippen molar-refractivity contribution in [2.45, 2.75) is 37.8 Å². The predicted molar refractivity (Wildman–Crippen MR) is 122 cm³/mol. The Labute approximate surface area is 184 Å². The fourth-order valence-corrected chi connectivity index (χ4v) is 4.96. The standard InChI is InChI=1S/C22H25N5O3S/c28-16-7-4-14(5-8-16)23-19-2-1-3-20(25-19)26-22-24-17-9-6-15(12-18(17)31-22)27-10-11-30-13-21(27)29/h1-3,6,9,12,14,16,28H,4-5,7-8,10-11,13H2,(H2,23,24,25,26)/t14-,16-. The van der Waals surface area contributed by atoms with Crippen LogP contribution in [-0.2, 0) is 9.53 Å². The zero-order chi connectivity index (χ0) is 21.2. The monoisotopic (exact) mass is 439 g/mol. The molecule has 3 heterocycles. The van der Waals surface area contributed by atoms with Crippen molar-refractivity contribution in [3.8, 4) is 0 Å². The van der Waals surface area contributed by atoms with E-state index in [4.69, 9.17) is 4.74 Å². The Bertz CT molecular complexity index is 1080. The van der Waals surface area contributed by atoms with Crippen LogP contribution in [0.25, 0.3) is 10.2 Å². The molecule has 1 amide bonds. The van der Waals surface area contributed by atoms with E-state index >= 15 is 0 Å². The highest BCUT2D eigenvalue weighted by Gasteiger charge is 2.21. The van der Waals surface area contributed by atoms with Gasteiger partial charge in [0.1, 0.15) is 18.2 Å². The summed E-state index contributed by atoms with van der Waals surface area (Å²) in [6, 6.07) is 12.1. The fourth-order valence-electron chi connectivity index (χ4n) is 4.05. The molecule has 0 bridgehead atoms. The molecule has 0 atom stereocenters. The minimum absolute atomic E-state index is 0.0190. The number of thiazole rings is 1. The second-order valence-electron chi connectivity index (χ2n) is 7.95. The maximum atomic E-state index is 12.1. The summed E-state index contributed by atoms with van der Waals surface area (Å²) in [7, 11) is 0. The second-order valence-corrected chi connectivity index (χ2v) is 8.98. The van der Waals surface area contributed by atoms with E-state index in [-0.39, 0.29) is 18.6 Å². The molecule has 162 valence electrons. The lowest BCUT2D eigenvalue weighted by molar-refractivity contribution is -0.125. The number of morpholine rings is 1. The van der Waals surface area contributed by atoms with E-state index in [0.29, 0.717) is 19.2 Å². The molecular weight excluding hydrogens is 414 g/mol. The number of fused-ring (bicyclic) bond motifs is 1. The first-order chi connectivity index (χ1) is 15.1. The number of hydrogen-bond acceptors (Lipinski definition) is 8. The van der Waals surface area contributed by atoms with E-state index in [0.717, 1.165) is 58.4 Å². The Morgan fingerprint density at radius 1 is 1.10 bits per heavy atom. The van der Waals surface area contributed by atoms with Crippen LogP contribution in [0, 0.1) is 0 Å². The number of aliphatic hydroxyl groups is 1. The molecule has 1 saturated heterocycles. The number of pyridine rings is 1. The number of benzene rings is 1. The number of carbonyl (C=O) groups excluding carboxylic acids is 1. The summed E-state index contributed by atoms with van der Waals surface area (Å²) in [5.41, 5.74) is 1.75. The third kappa shape index (κ3) is 4.63. The molecule has 0 radical (unpaired) electrons. The lowest BCUT2D eigenvalue weighted by Gasteiger charge is -2.26. The van der Waals surface area contributed by atoms with E-state index in [1.165, 1.54) is 11.3 Å². The highest BCUT2D eigenvalue weighted by Crippen LogP contribution is 2.32. The van der Waals surface area contributed by atoms with E-state index in [9.17, 15) is 9.90 Å². The zero-order valence-corrected chi connectivity index (χ0v) is 17.9. The first kappa shape index (κ1) is 20.2. The molecule has 2 fully saturated rings. The summed E-state index contributed by atoms with van der Waals surface area (Å²) >= 11 is 1.53. The van der Waals surface area contributed by atoms with Crippen LogP contribution in [0.5, 0.6) is 0 Å². The van der Waals surface area contributed by atoms with E-state index in [1.54, 1.807) is 4.90 Å². The number of carbonyl (C=O) groups is 1. The van der Waals surface area contributed by atoms with Crippen molar-refractivity contribution >= 4 is 49.9 Å². The minimum Gasteiger partial charge on any atom is -0.393 e. The number of amides is 1. The SMILES string of the molecule is O=C1COCCN1c1ccc2nc(Nc3cccc(N[C@H]4CC[C@H](O)CC4)n3)sc2c1. The Morgan fingerprint density at radius 2 is 1.94 bits per heavy atom. The summed E-state index contributed by atoms with van der Waals surface area (Å²) in [5.74, 6) is 1.53. The van der Waals surface area contributed by atoms with Crippen molar-refractivity contribution in [1.29, 1.82) is 0 Å². The molecule has 0 spiro atoms. The van der Waals surface area contributed by atoms with Crippen LogP contribution in [-0.4, -0.2) is 52.9 Å². The van der Waals surface area contributed by atoms with Crippen LogP contribution >= 0.6 is 11.3 Å². The average molecular weight is 440 g/mol. The lowest BCUT2D eigenvalue weighted by atomic mass is 9.93. The van der Waals surface area contributed by atoms with Gasteiger partial charge >= 0.3 is 0 Å². The van der Waals surface area contributed by atoms with Crippen LogP contribution in [0.15, 0.2) is 36.4 Å². The number of aromatic nitrogens is 2. The molecule has 8 nitrogen and oxygen atoms in total. The van der Waals surface area contributed by atoms with Gasteiger partial charge in [-0.05, 0) is 56.0 Å². The molecule has 2 aromatic heterocycles. The molecule has 3 aromatic rings. The molecule has 2 aliphatic rings. The van der Waals surface area contributed by atoms with Crippen LogP contribution < -0.4 is 15.5 Å². The summed E-state index contributed by atoms with van der Waals surface area (Å²) in [5, 5.41) is 17.2. The van der Waals surface area contributed by atoms with Gasteiger partial charge < -0.3 is 25.4 Å². The first-order valence-electron chi connectivity index (χ1n) is 10.6. The quantitative estimate of drug-likeness (QED) is 0.559. The second kappa shape index (κ2) is 8.78. The summed E-state index contributed by atoms with van der Waals surface area (Å²) in [6.45, 7) is 1.25. The molecule has 3 N–H and O–H groups in total. The van der Waals surface area contributed by atoms with E-state index in [1.807, 2.05) is 36.4 Å². The van der Waals surface area contributed by atoms with Crippen molar-refractivity contribution in [1.82, 2.24) is 9.97 Å². The van der Waals surface area contributed by atoms with Crippen LogP contribution in [0.4, 0.5) is 22.5 Å². The molecule has 1 aromatic carbocycles. The first-order valence-corrected chi connectivity index (χ1v) is 11.4. The van der Waals surface area contributed by atoms with E-state index in [2.05, 4.69) is 20.6 Å². The smallest absolute Gasteiger partial charge is 0.253 e.